The maximum absolute atomic E-state index is 10.5. The van der Waals surface area contributed by atoms with Gasteiger partial charge in [-0.15, -0.1) is 0 Å². The van der Waals surface area contributed by atoms with E-state index in [0.29, 0.717) is 11.8 Å². The highest BCUT2D eigenvalue weighted by molar-refractivity contribution is 5.78. The fourth-order valence-corrected chi connectivity index (χ4v) is 1.51. The first kappa shape index (κ1) is 16.2. The van der Waals surface area contributed by atoms with E-state index in [4.69, 9.17) is 9.47 Å². The van der Waals surface area contributed by atoms with E-state index in [2.05, 4.69) is 0 Å². The van der Waals surface area contributed by atoms with Gasteiger partial charge in [-0.3, -0.25) is 9.59 Å². The number of phenols is 1. The molecule has 0 spiro atoms. The highest BCUT2D eigenvalue weighted by Gasteiger charge is 2.10. The SMILES string of the molecule is COc1cc(C=O)cc(OC)c1O.O=Cc1ccccc1. The van der Waals surface area contributed by atoms with Gasteiger partial charge in [-0.05, 0) is 12.1 Å². The van der Waals surface area contributed by atoms with Crippen molar-refractivity contribution in [3.63, 3.8) is 0 Å². The molecular weight excluding hydrogens is 272 g/mol. The lowest BCUT2D eigenvalue weighted by molar-refractivity contribution is 0.111. The molecule has 5 nitrogen and oxygen atoms in total. The molecule has 0 aliphatic carbocycles. The summed E-state index contributed by atoms with van der Waals surface area (Å²) >= 11 is 0. The number of ether oxygens (including phenoxy) is 2. The number of rotatable bonds is 4. The Morgan fingerprint density at radius 1 is 0.857 bits per heavy atom. The molecule has 110 valence electrons. The zero-order valence-corrected chi connectivity index (χ0v) is 11.8. The number of methoxy groups -OCH3 is 2. The van der Waals surface area contributed by atoms with Crippen LogP contribution in [0.15, 0.2) is 42.5 Å². The molecular formula is C16H16O5. The Balaban J connectivity index is 0.000000235. The van der Waals surface area contributed by atoms with Crippen molar-refractivity contribution in [2.75, 3.05) is 14.2 Å². The lowest BCUT2D eigenvalue weighted by Gasteiger charge is -2.08. The van der Waals surface area contributed by atoms with Crippen LogP contribution in [-0.4, -0.2) is 31.9 Å². The minimum Gasteiger partial charge on any atom is -0.502 e. The van der Waals surface area contributed by atoms with E-state index in [1.165, 1.54) is 26.4 Å². The van der Waals surface area contributed by atoms with Crippen LogP contribution in [0.4, 0.5) is 0 Å². The van der Waals surface area contributed by atoms with E-state index < -0.39 is 0 Å². The molecule has 0 fully saturated rings. The average molecular weight is 288 g/mol. The Labute approximate surface area is 122 Å². The molecule has 0 saturated carbocycles. The largest absolute Gasteiger partial charge is 0.502 e. The second-order valence-corrected chi connectivity index (χ2v) is 3.92. The summed E-state index contributed by atoms with van der Waals surface area (Å²) in [5.41, 5.74) is 1.12. The third-order valence-corrected chi connectivity index (χ3v) is 2.57. The second-order valence-electron chi connectivity index (χ2n) is 3.92. The number of aromatic hydroxyl groups is 1. The molecule has 2 rings (SSSR count). The second kappa shape index (κ2) is 8.37. The zero-order valence-electron chi connectivity index (χ0n) is 11.8. The molecule has 2 aromatic carbocycles. The summed E-state index contributed by atoms with van der Waals surface area (Å²) in [6.45, 7) is 0. The van der Waals surface area contributed by atoms with Crippen molar-refractivity contribution >= 4 is 12.6 Å². The molecule has 0 unspecified atom stereocenters. The molecule has 0 aliphatic rings. The summed E-state index contributed by atoms with van der Waals surface area (Å²) in [5, 5.41) is 9.44. The molecule has 0 aliphatic heterocycles. The molecule has 5 heteroatoms. The maximum Gasteiger partial charge on any atom is 0.200 e. The van der Waals surface area contributed by atoms with E-state index >= 15 is 0 Å². The van der Waals surface area contributed by atoms with E-state index in [9.17, 15) is 14.7 Å². The Morgan fingerprint density at radius 3 is 1.67 bits per heavy atom. The van der Waals surface area contributed by atoms with Gasteiger partial charge in [0.25, 0.3) is 0 Å². The number of hydrogen-bond acceptors (Lipinski definition) is 5. The van der Waals surface area contributed by atoms with Crippen molar-refractivity contribution in [1.82, 2.24) is 0 Å². The molecule has 0 aromatic heterocycles. The predicted molar refractivity (Wildman–Crippen MR) is 78.4 cm³/mol. The van der Waals surface area contributed by atoms with Gasteiger partial charge in [-0.25, -0.2) is 0 Å². The molecule has 0 saturated heterocycles. The van der Waals surface area contributed by atoms with Crippen LogP contribution in [0.3, 0.4) is 0 Å². The fraction of sp³-hybridized carbons (Fsp3) is 0.125. The highest BCUT2D eigenvalue weighted by atomic mass is 16.5. The first-order chi connectivity index (χ1) is 10.2. The summed E-state index contributed by atoms with van der Waals surface area (Å²) in [6.07, 6.45) is 1.49. The van der Waals surface area contributed by atoms with Crippen molar-refractivity contribution in [2.45, 2.75) is 0 Å². The maximum atomic E-state index is 10.5. The Kier molecular flexibility index (Phi) is 6.47. The standard InChI is InChI=1S/C9H10O4.C7H6O/c1-12-7-3-6(5-10)4-8(13-2)9(7)11;8-6-7-4-2-1-3-5-7/h3-5,11H,1-2H3;1-6H. The van der Waals surface area contributed by atoms with Crippen LogP contribution in [0.1, 0.15) is 20.7 Å². The van der Waals surface area contributed by atoms with E-state index in [0.717, 1.165) is 11.8 Å². The Bertz CT molecular complexity index is 568. The highest BCUT2D eigenvalue weighted by Crippen LogP contribution is 2.36. The Hall–Kier alpha value is -2.82. The molecule has 21 heavy (non-hydrogen) atoms. The first-order valence-electron chi connectivity index (χ1n) is 6.06. The van der Waals surface area contributed by atoms with Gasteiger partial charge in [0.15, 0.2) is 11.5 Å². The van der Waals surface area contributed by atoms with Crippen LogP contribution in [-0.2, 0) is 0 Å². The minimum absolute atomic E-state index is 0.101. The molecule has 0 radical (unpaired) electrons. The topological polar surface area (TPSA) is 72.8 Å². The van der Waals surface area contributed by atoms with Crippen LogP contribution < -0.4 is 9.47 Å². The summed E-state index contributed by atoms with van der Waals surface area (Å²) in [4.78, 5) is 20.5. The molecule has 0 heterocycles. The van der Waals surface area contributed by atoms with E-state index in [-0.39, 0.29) is 17.2 Å². The number of phenolic OH excluding ortho intramolecular Hbond substituents is 1. The number of carbonyl (C=O) groups is 2. The lowest BCUT2D eigenvalue weighted by Crippen LogP contribution is -1.91. The fourth-order valence-electron chi connectivity index (χ4n) is 1.51. The van der Waals surface area contributed by atoms with E-state index in [1.807, 2.05) is 18.2 Å². The van der Waals surface area contributed by atoms with Crippen LogP contribution in [0.25, 0.3) is 0 Å². The summed E-state index contributed by atoms with van der Waals surface area (Å²) in [6, 6.07) is 12.0. The summed E-state index contributed by atoms with van der Waals surface area (Å²) in [5.74, 6) is 0.346. The van der Waals surface area contributed by atoms with Crippen LogP contribution >= 0.6 is 0 Å². The van der Waals surface area contributed by atoms with Crippen molar-refractivity contribution in [2.24, 2.45) is 0 Å². The third-order valence-electron chi connectivity index (χ3n) is 2.57. The monoisotopic (exact) mass is 288 g/mol. The number of benzene rings is 2. The number of carbonyl (C=O) groups excluding carboxylic acids is 2. The van der Waals surface area contributed by atoms with Crippen LogP contribution in [0.2, 0.25) is 0 Å². The van der Waals surface area contributed by atoms with Gasteiger partial charge in [-0.2, -0.15) is 0 Å². The lowest BCUT2D eigenvalue weighted by atomic mass is 10.2. The normalized spacial score (nSPS) is 9.05. The molecule has 2 aromatic rings. The summed E-state index contributed by atoms with van der Waals surface area (Å²) < 4.78 is 9.68. The minimum atomic E-state index is -0.101. The molecule has 0 bridgehead atoms. The summed E-state index contributed by atoms with van der Waals surface area (Å²) in [7, 11) is 2.81. The van der Waals surface area contributed by atoms with Crippen molar-refractivity contribution in [3.05, 3.63) is 53.6 Å². The smallest absolute Gasteiger partial charge is 0.200 e. The van der Waals surface area contributed by atoms with Crippen LogP contribution in [0.5, 0.6) is 17.2 Å². The zero-order chi connectivity index (χ0) is 15.7. The van der Waals surface area contributed by atoms with Gasteiger partial charge in [0.05, 0.1) is 14.2 Å². The van der Waals surface area contributed by atoms with Gasteiger partial charge < -0.3 is 14.6 Å². The Morgan fingerprint density at radius 2 is 1.33 bits per heavy atom. The van der Waals surface area contributed by atoms with E-state index in [1.54, 1.807) is 12.1 Å². The van der Waals surface area contributed by atoms with Gasteiger partial charge in [0.1, 0.15) is 12.6 Å². The predicted octanol–water partition coefficient (Wildman–Crippen LogP) is 2.72. The van der Waals surface area contributed by atoms with Crippen molar-refractivity contribution < 1.29 is 24.2 Å². The van der Waals surface area contributed by atoms with Crippen molar-refractivity contribution in [3.8, 4) is 17.2 Å². The van der Waals surface area contributed by atoms with Gasteiger partial charge in [0.2, 0.25) is 5.75 Å². The number of hydrogen-bond donors (Lipinski definition) is 1. The molecule has 0 amide bonds. The van der Waals surface area contributed by atoms with Crippen molar-refractivity contribution in [1.29, 1.82) is 0 Å². The number of aldehydes is 2. The van der Waals surface area contributed by atoms with Gasteiger partial charge >= 0.3 is 0 Å². The van der Waals surface area contributed by atoms with Gasteiger partial charge in [0, 0.05) is 11.1 Å². The quantitative estimate of drug-likeness (QED) is 0.876. The molecule has 1 N–H and O–H groups in total. The average Bonchev–Trinajstić information content (AvgIpc) is 2.56. The molecule has 0 atom stereocenters. The first-order valence-corrected chi connectivity index (χ1v) is 6.06. The van der Waals surface area contributed by atoms with Gasteiger partial charge in [-0.1, -0.05) is 30.3 Å². The van der Waals surface area contributed by atoms with Crippen LogP contribution in [0, 0.1) is 0 Å². The third kappa shape index (κ3) is 4.65.